The molecule has 0 saturated heterocycles. The number of aromatic hydroxyl groups is 1. The normalized spacial score (nSPS) is 34.5. The van der Waals surface area contributed by atoms with Gasteiger partial charge in [0, 0.05) is 17.5 Å². The van der Waals surface area contributed by atoms with Gasteiger partial charge in [0.05, 0.1) is 6.54 Å². The Bertz CT molecular complexity index is 1450. The fourth-order valence-corrected chi connectivity index (χ4v) is 9.96. The average Bonchev–Trinajstić information content (AvgIpc) is 2.97. The second kappa shape index (κ2) is 11.1. The molecular weight excluding hydrogens is 538 g/mol. The fraction of sp³-hybridized carbons (Fsp3) is 0.583. The molecule has 0 radical (unpaired) electrons. The van der Waals surface area contributed by atoms with Gasteiger partial charge in [-0.25, -0.2) is 0 Å². The second-order valence-corrected chi connectivity index (χ2v) is 14.5. The molecule has 4 aliphatic carbocycles. The minimum atomic E-state index is -0.208. The summed E-state index contributed by atoms with van der Waals surface area (Å²) in [5.74, 6) is 0.410. The number of fused-ring (bicyclic) bond motifs is 6. The van der Waals surface area contributed by atoms with E-state index in [0.717, 1.165) is 57.1 Å². The van der Waals surface area contributed by atoms with Crippen LogP contribution in [0.4, 0.5) is 5.69 Å². The van der Waals surface area contributed by atoms with E-state index in [4.69, 9.17) is 5.73 Å². The van der Waals surface area contributed by atoms with Crippen molar-refractivity contribution in [2.45, 2.75) is 89.9 Å². The standard InChI is InChI=1S/C36H47N3O4/c1-20-26(13-15-35(3)28(20)11-7-22-5-9-24(17-30(22)35)38-32(41)19-37)33(42)39-34(43)27-14-16-36(4)29(21(27)2)12-8-23-6-10-25(40)18-31(23)36/h5-6,9-10,17-18,20-21,26-29,40H,7-8,11-16,19,37H2,1-4H3,(H,38,41)(H,39,42,43)/t20-,21-,26+,27+,28+,29+,35+,36+/m1/s1. The molecule has 4 aliphatic rings. The molecule has 3 amide bonds. The number of amides is 3. The van der Waals surface area contributed by atoms with Gasteiger partial charge in [0.25, 0.3) is 0 Å². The van der Waals surface area contributed by atoms with E-state index in [-0.39, 0.29) is 58.8 Å². The van der Waals surface area contributed by atoms with Gasteiger partial charge in [0.15, 0.2) is 0 Å². The molecule has 0 heterocycles. The number of imide groups is 1. The van der Waals surface area contributed by atoms with E-state index in [1.165, 1.54) is 22.3 Å². The molecule has 230 valence electrons. The van der Waals surface area contributed by atoms with Gasteiger partial charge < -0.3 is 16.2 Å². The van der Waals surface area contributed by atoms with E-state index >= 15 is 0 Å². The van der Waals surface area contributed by atoms with Crippen molar-refractivity contribution in [3.05, 3.63) is 58.7 Å². The highest BCUT2D eigenvalue weighted by Gasteiger charge is 2.52. The summed E-state index contributed by atoms with van der Waals surface area (Å²) in [6.07, 6.45) is 7.13. The molecule has 2 aromatic rings. The topological polar surface area (TPSA) is 122 Å². The number of hydrogen-bond donors (Lipinski definition) is 4. The van der Waals surface area contributed by atoms with Crippen molar-refractivity contribution in [3.63, 3.8) is 0 Å². The van der Waals surface area contributed by atoms with E-state index in [1.807, 2.05) is 18.2 Å². The van der Waals surface area contributed by atoms with Crippen molar-refractivity contribution in [1.82, 2.24) is 5.32 Å². The summed E-state index contributed by atoms with van der Waals surface area (Å²) < 4.78 is 0. The third-order valence-corrected chi connectivity index (χ3v) is 12.4. The first-order chi connectivity index (χ1) is 20.5. The van der Waals surface area contributed by atoms with Crippen LogP contribution in [-0.4, -0.2) is 29.4 Å². The van der Waals surface area contributed by atoms with E-state index in [2.05, 4.69) is 50.5 Å². The van der Waals surface area contributed by atoms with Gasteiger partial charge in [0.1, 0.15) is 5.75 Å². The molecule has 8 atom stereocenters. The van der Waals surface area contributed by atoms with Crippen LogP contribution in [0.1, 0.15) is 88.5 Å². The molecule has 0 aromatic heterocycles. The molecule has 2 fully saturated rings. The highest BCUT2D eigenvalue weighted by Crippen LogP contribution is 2.56. The van der Waals surface area contributed by atoms with Crippen LogP contribution in [0.25, 0.3) is 0 Å². The Balaban J connectivity index is 1.14. The molecule has 7 heteroatoms. The maximum absolute atomic E-state index is 13.7. The molecule has 0 aliphatic heterocycles. The van der Waals surface area contributed by atoms with E-state index in [0.29, 0.717) is 17.6 Å². The minimum absolute atomic E-state index is 0.0539. The van der Waals surface area contributed by atoms with Crippen LogP contribution in [0.3, 0.4) is 0 Å². The Morgan fingerprint density at radius 3 is 1.86 bits per heavy atom. The zero-order valence-corrected chi connectivity index (χ0v) is 26.0. The maximum Gasteiger partial charge on any atom is 0.238 e. The second-order valence-electron chi connectivity index (χ2n) is 14.5. The number of phenolic OH excluding ortho intramolecular Hbond substituents is 1. The molecule has 0 unspecified atom stereocenters. The Labute approximate surface area is 255 Å². The molecule has 0 spiro atoms. The third-order valence-electron chi connectivity index (χ3n) is 12.4. The van der Waals surface area contributed by atoms with Crippen molar-refractivity contribution in [3.8, 4) is 5.75 Å². The van der Waals surface area contributed by atoms with Gasteiger partial charge in [-0.2, -0.15) is 0 Å². The van der Waals surface area contributed by atoms with Crippen LogP contribution in [0.2, 0.25) is 0 Å². The number of benzene rings is 2. The largest absolute Gasteiger partial charge is 0.508 e. The van der Waals surface area contributed by atoms with E-state index in [9.17, 15) is 19.5 Å². The van der Waals surface area contributed by atoms with Crippen LogP contribution in [0.5, 0.6) is 5.75 Å². The highest BCUT2D eigenvalue weighted by molar-refractivity contribution is 5.97. The van der Waals surface area contributed by atoms with Gasteiger partial charge >= 0.3 is 0 Å². The number of carbonyl (C=O) groups excluding carboxylic acids is 3. The SMILES string of the molecule is C[C@@H]1[C@@H](C(=O)NC(=O)[C@H]2CC[C@]3(C)c4cc(NC(=O)CN)ccc4CC[C@H]3[C@@H]2C)CC[C@]2(C)c3cc(O)ccc3CC[C@@H]12. The molecule has 43 heavy (non-hydrogen) atoms. The summed E-state index contributed by atoms with van der Waals surface area (Å²) in [7, 11) is 0. The van der Waals surface area contributed by atoms with Gasteiger partial charge in [-0.3, -0.25) is 19.7 Å². The van der Waals surface area contributed by atoms with Gasteiger partial charge in [-0.1, -0.05) is 39.8 Å². The van der Waals surface area contributed by atoms with Gasteiger partial charge in [-0.05, 0) is 132 Å². The highest BCUT2D eigenvalue weighted by atomic mass is 16.3. The summed E-state index contributed by atoms with van der Waals surface area (Å²) >= 11 is 0. The number of rotatable bonds is 4. The Morgan fingerprint density at radius 2 is 1.33 bits per heavy atom. The Hall–Kier alpha value is -3.19. The predicted octanol–water partition coefficient (Wildman–Crippen LogP) is 5.36. The summed E-state index contributed by atoms with van der Waals surface area (Å²) in [6.45, 7) is 8.92. The summed E-state index contributed by atoms with van der Waals surface area (Å²) in [6, 6.07) is 11.9. The van der Waals surface area contributed by atoms with Crippen molar-refractivity contribution in [2.24, 2.45) is 41.2 Å². The minimum Gasteiger partial charge on any atom is -0.508 e. The molecule has 2 aromatic carbocycles. The molecular formula is C36H47N3O4. The van der Waals surface area contributed by atoms with E-state index in [1.54, 1.807) is 6.07 Å². The lowest BCUT2D eigenvalue weighted by molar-refractivity contribution is -0.140. The number of anilines is 1. The molecule has 2 saturated carbocycles. The molecule has 0 bridgehead atoms. The van der Waals surface area contributed by atoms with Crippen molar-refractivity contribution in [2.75, 3.05) is 11.9 Å². The molecule has 7 nitrogen and oxygen atoms in total. The number of nitrogens with two attached hydrogens (primary N) is 1. The number of hydrogen-bond acceptors (Lipinski definition) is 5. The third kappa shape index (κ3) is 4.98. The lowest BCUT2D eigenvalue weighted by atomic mass is 9.52. The number of carbonyl (C=O) groups is 3. The van der Waals surface area contributed by atoms with Crippen LogP contribution in [0, 0.1) is 35.5 Å². The zero-order chi connectivity index (χ0) is 30.7. The fourth-order valence-electron chi connectivity index (χ4n) is 9.96. The predicted molar refractivity (Wildman–Crippen MR) is 167 cm³/mol. The monoisotopic (exact) mass is 585 g/mol. The average molecular weight is 586 g/mol. The molecule has 5 N–H and O–H groups in total. The van der Waals surface area contributed by atoms with Crippen molar-refractivity contribution >= 4 is 23.4 Å². The molecule has 6 rings (SSSR count). The first kappa shape index (κ1) is 29.9. The van der Waals surface area contributed by atoms with Crippen LogP contribution < -0.4 is 16.4 Å². The quantitative estimate of drug-likeness (QED) is 0.360. The summed E-state index contributed by atoms with van der Waals surface area (Å²) in [5.41, 5.74) is 11.2. The van der Waals surface area contributed by atoms with Gasteiger partial charge in [-0.15, -0.1) is 0 Å². The number of nitrogens with one attached hydrogen (secondary N) is 2. The Morgan fingerprint density at radius 1 is 0.814 bits per heavy atom. The smallest absolute Gasteiger partial charge is 0.238 e. The summed E-state index contributed by atoms with van der Waals surface area (Å²) in [5, 5.41) is 16.0. The van der Waals surface area contributed by atoms with Gasteiger partial charge in [0.2, 0.25) is 17.7 Å². The summed E-state index contributed by atoms with van der Waals surface area (Å²) in [4.78, 5) is 39.4. The lowest BCUT2D eigenvalue weighted by Crippen LogP contribution is -2.53. The number of aryl methyl sites for hydroxylation is 2. The van der Waals surface area contributed by atoms with Crippen LogP contribution >= 0.6 is 0 Å². The van der Waals surface area contributed by atoms with Crippen LogP contribution in [-0.2, 0) is 38.1 Å². The van der Waals surface area contributed by atoms with E-state index < -0.39 is 0 Å². The maximum atomic E-state index is 13.7. The Kier molecular flexibility index (Phi) is 7.68. The first-order valence-corrected chi connectivity index (χ1v) is 16.3. The van der Waals surface area contributed by atoms with Crippen LogP contribution in [0.15, 0.2) is 36.4 Å². The lowest BCUT2D eigenvalue weighted by Gasteiger charge is -2.52. The number of phenols is 1. The first-order valence-electron chi connectivity index (χ1n) is 16.3. The van der Waals surface area contributed by atoms with Crippen molar-refractivity contribution in [1.29, 1.82) is 0 Å². The zero-order valence-electron chi connectivity index (χ0n) is 26.0. The van der Waals surface area contributed by atoms with Crippen molar-refractivity contribution < 1.29 is 19.5 Å².